The average molecular weight is 531 g/mol. The summed E-state index contributed by atoms with van der Waals surface area (Å²) in [4.78, 5) is 9.12. The molecular formula is C14H18N4O10S4. The van der Waals surface area contributed by atoms with Gasteiger partial charge in [0.1, 0.15) is 0 Å². The number of nitrogen functional groups attached to an aromatic ring is 1. The normalized spacial score (nSPS) is 12.4. The van der Waals surface area contributed by atoms with E-state index in [9.17, 15) is 43.8 Å². The summed E-state index contributed by atoms with van der Waals surface area (Å²) in [6, 6.07) is 9.03. The van der Waals surface area contributed by atoms with E-state index < -0.39 is 45.0 Å². The molecule has 32 heavy (non-hydrogen) atoms. The summed E-state index contributed by atoms with van der Waals surface area (Å²) in [7, 11) is -16.0. The van der Waals surface area contributed by atoms with Gasteiger partial charge in [0.15, 0.2) is 0 Å². The molecule has 4 N–H and O–H groups in total. The van der Waals surface area contributed by atoms with Gasteiger partial charge in [0, 0.05) is 17.8 Å². The molecule has 0 aliphatic carbocycles. The van der Waals surface area contributed by atoms with Gasteiger partial charge >= 0.3 is 0 Å². The first-order valence-corrected chi connectivity index (χ1v) is 14.6. The Kier molecular flexibility index (Phi) is 8.46. The van der Waals surface area contributed by atoms with E-state index in [4.69, 9.17) is 5.73 Å². The van der Waals surface area contributed by atoms with E-state index in [-0.39, 0.29) is 15.5 Å². The van der Waals surface area contributed by atoms with Crippen molar-refractivity contribution < 1.29 is 38.6 Å². The molecule has 14 nitrogen and oxygen atoms in total. The molecule has 2 aromatic carbocycles. The van der Waals surface area contributed by atoms with Gasteiger partial charge in [0.25, 0.3) is 25.7 Å². The maximum absolute atomic E-state index is 11.5. The maximum atomic E-state index is 11.5. The monoisotopic (exact) mass is 530 g/mol. The molecule has 2 aromatic rings. The van der Waals surface area contributed by atoms with Gasteiger partial charge in [0.05, 0.1) is 27.2 Å². The second kappa shape index (κ2) is 9.88. The lowest BCUT2D eigenvalue weighted by molar-refractivity contribution is -0.384. The first-order chi connectivity index (χ1) is 14.3. The van der Waals surface area contributed by atoms with Crippen LogP contribution in [0.2, 0.25) is 0 Å². The molecule has 0 spiro atoms. The van der Waals surface area contributed by atoms with Crippen molar-refractivity contribution in [3.05, 3.63) is 58.6 Å². The molecule has 0 atom stereocenters. The fraction of sp³-hybridized carbons (Fsp3) is 0.143. The standard InChI is InChI=1S/C7H8N2O6S2.C7H10N2O4S2/c1-16(12,13)8-17(14,15)7-4-2-6(3-5-7)9(10)11;1-14(10,11)9-15(12,13)7-4-2-6(8)3-5-7/h2-5,8H,1H3;2-5,9H,8H2,1H3. The van der Waals surface area contributed by atoms with Crippen molar-refractivity contribution in [2.75, 3.05) is 18.2 Å². The second-order valence-electron chi connectivity index (χ2n) is 6.04. The highest BCUT2D eigenvalue weighted by atomic mass is 32.3. The van der Waals surface area contributed by atoms with E-state index in [1.165, 1.54) is 32.5 Å². The summed E-state index contributed by atoms with van der Waals surface area (Å²) in [5.74, 6) is 0. The van der Waals surface area contributed by atoms with Crippen molar-refractivity contribution in [2.45, 2.75) is 9.79 Å². The van der Waals surface area contributed by atoms with E-state index in [1.807, 2.05) is 0 Å². The van der Waals surface area contributed by atoms with Gasteiger partial charge in [-0.2, -0.15) is 0 Å². The second-order valence-corrected chi connectivity index (χ2v) is 13.4. The molecule has 0 bridgehead atoms. The zero-order chi connectivity index (χ0) is 25.0. The Balaban J connectivity index is 0.000000323. The summed E-state index contributed by atoms with van der Waals surface area (Å²) in [6.45, 7) is 0. The molecule has 0 aliphatic heterocycles. The number of nitrogens with one attached hydrogen (secondary N) is 2. The SMILES string of the molecule is CS(=O)(=O)NS(=O)(=O)c1ccc(N)cc1.CS(=O)(=O)NS(=O)(=O)c1ccc([N+](=O)[O-])cc1. The van der Waals surface area contributed by atoms with Gasteiger partial charge in [-0.15, -0.1) is 8.25 Å². The van der Waals surface area contributed by atoms with Gasteiger partial charge in [-0.1, -0.05) is 0 Å². The number of non-ortho nitro benzene ring substituents is 1. The maximum Gasteiger partial charge on any atom is 0.269 e. The van der Waals surface area contributed by atoms with Crippen LogP contribution in [0.5, 0.6) is 0 Å². The van der Waals surface area contributed by atoms with Crippen molar-refractivity contribution >= 4 is 51.5 Å². The number of nitrogens with zero attached hydrogens (tertiary/aromatic N) is 1. The first-order valence-electron chi connectivity index (χ1n) is 7.89. The smallest absolute Gasteiger partial charge is 0.269 e. The molecule has 0 aromatic heterocycles. The van der Waals surface area contributed by atoms with Crippen molar-refractivity contribution in [3.8, 4) is 0 Å². The lowest BCUT2D eigenvalue weighted by atomic mass is 10.3. The fourth-order valence-electron chi connectivity index (χ4n) is 1.89. The Labute approximate surface area is 184 Å². The summed E-state index contributed by atoms with van der Waals surface area (Å²) in [5, 5.41) is 10.3. The fourth-order valence-corrected chi connectivity index (χ4v) is 6.84. The number of nitrogens with two attached hydrogens (primary N) is 1. The number of hydrogen-bond acceptors (Lipinski definition) is 11. The third-order valence-corrected chi connectivity index (χ3v) is 9.03. The van der Waals surface area contributed by atoms with Crippen LogP contribution in [0.1, 0.15) is 0 Å². The Morgan fingerprint density at radius 1 is 0.688 bits per heavy atom. The minimum absolute atomic E-state index is 0.151. The van der Waals surface area contributed by atoms with Gasteiger partial charge in [-0.25, -0.2) is 33.7 Å². The van der Waals surface area contributed by atoms with Crippen LogP contribution in [-0.2, 0) is 40.1 Å². The van der Waals surface area contributed by atoms with Gasteiger partial charge in [0.2, 0.25) is 20.0 Å². The summed E-state index contributed by atoms with van der Waals surface area (Å²) >= 11 is 0. The molecule has 0 heterocycles. The van der Waals surface area contributed by atoms with Gasteiger partial charge in [-0.3, -0.25) is 10.1 Å². The molecule has 18 heteroatoms. The lowest BCUT2D eigenvalue weighted by Gasteiger charge is -2.04. The van der Waals surface area contributed by atoms with Crippen LogP contribution in [0, 0.1) is 10.1 Å². The highest BCUT2D eigenvalue weighted by Crippen LogP contribution is 2.16. The molecular weight excluding hydrogens is 512 g/mol. The molecule has 0 saturated carbocycles. The van der Waals surface area contributed by atoms with Crippen molar-refractivity contribution in [1.82, 2.24) is 8.25 Å². The minimum atomic E-state index is -4.22. The van der Waals surface area contributed by atoms with Crippen LogP contribution in [0.3, 0.4) is 0 Å². The van der Waals surface area contributed by atoms with Crippen molar-refractivity contribution in [1.29, 1.82) is 0 Å². The molecule has 0 unspecified atom stereocenters. The number of benzene rings is 2. The summed E-state index contributed by atoms with van der Waals surface area (Å²) in [6.07, 6.45) is 1.46. The molecule has 2 rings (SSSR count). The summed E-state index contributed by atoms with van der Waals surface area (Å²) < 4.78 is 91.9. The van der Waals surface area contributed by atoms with Crippen LogP contribution in [0.15, 0.2) is 58.3 Å². The molecule has 0 amide bonds. The summed E-state index contributed by atoms with van der Waals surface area (Å²) in [5.41, 5.74) is 5.47. The predicted molar refractivity (Wildman–Crippen MR) is 114 cm³/mol. The molecule has 0 fully saturated rings. The number of nitro groups is 1. The Hall–Kier alpha value is -2.64. The van der Waals surface area contributed by atoms with E-state index >= 15 is 0 Å². The van der Waals surface area contributed by atoms with Crippen molar-refractivity contribution in [3.63, 3.8) is 0 Å². The Morgan fingerprint density at radius 2 is 1.00 bits per heavy atom. The topological polar surface area (TPSA) is 230 Å². The largest absolute Gasteiger partial charge is 0.399 e. The highest BCUT2D eigenvalue weighted by molar-refractivity contribution is 8.04. The lowest BCUT2D eigenvalue weighted by Crippen LogP contribution is -2.29. The molecule has 0 radical (unpaired) electrons. The van der Waals surface area contributed by atoms with E-state index in [0.717, 1.165) is 30.5 Å². The van der Waals surface area contributed by atoms with Crippen LogP contribution < -0.4 is 14.0 Å². The third-order valence-electron chi connectivity index (χ3n) is 3.07. The van der Waals surface area contributed by atoms with Crippen LogP contribution in [0.4, 0.5) is 11.4 Å². The van der Waals surface area contributed by atoms with E-state index in [1.54, 1.807) is 0 Å². The molecule has 0 saturated heterocycles. The number of hydrogen-bond donors (Lipinski definition) is 3. The van der Waals surface area contributed by atoms with Crippen LogP contribution in [0.25, 0.3) is 0 Å². The van der Waals surface area contributed by atoms with E-state index in [2.05, 4.69) is 0 Å². The van der Waals surface area contributed by atoms with Crippen LogP contribution in [-0.4, -0.2) is 51.1 Å². The zero-order valence-electron chi connectivity index (χ0n) is 16.4. The van der Waals surface area contributed by atoms with Crippen LogP contribution >= 0.6 is 0 Å². The van der Waals surface area contributed by atoms with Crippen molar-refractivity contribution in [2.24, 2.45) is 0 Å². The first kappa shape index (κ1) is 27.4. The minimum Gasteiger partial charge on any atom is -0.399 e. The highest BCUT2D eigenvalue weighted by Gasteiger charge is 2.20. The quantitative estimate of drug-likeness (QED) is 0.231. The number of sulfonamides is 4. The Bertz CT molecular complexity index is 1400. The van der Waals surface area contributed by atoms with Gasteiger partial charge < -0.3 is 5.73 Å². The predicted octanol–water partition coefficient (Wildman–Crippen LogP) is -0.661. The average Bonchev–Trinajstić information content (AvgIpc) is 2.58. The number of rotatable bonds is 7. The number of nitro benzene ring substituents is 1. The zero-order valence-corrected chi connectivity index (χ0v) is 19.6. The number of anilines is 1. The molecule has 178 valence electrons. The van der Waals surface area contributed by atoms with E-state index in [0.29, 0.717) is 11.9 Å². The Morgan fingerprint density at radius 3 is 1.28 bits per heavy atom. The molecule has 0 aliphatic rings. The third kappa shape index (κ3) is 9.24. The van der Waals surface area contributed by atoms with Gasteiger partial charge in [-0.05, 0) is 36.4 Å².